The minimum Gasteiger partial charge on any atom is -0.463 e. The highest BCUT2D eigenvalue weighted by molar-refractivity contribution is 5.79. The minimum atomic E-state index is -2.36. The number of esters is 3. The van der Waals surface area contributed by atoms with E-state index in [0.717, 1.165) is 0 Å². The number of halogens is 5. The molecule has 272 valence electrons. The fourth-order valence-corrected chi connectivity index (χ4v) is 4.61. The molecule has 0 aromatic heterocycles. The molecule has 0 amide bonds. The van der Waals surface area contributed by atoms with Crippen LogP contribution in [0.3, 0.4) is 0 Å². The van der Waals surface area contributed by atoms with Crippen LogP contribution >= 0.6 is 0 Å². The molecule has 0 spiro atoms. The summed E-state index contributed by atoms with van der Waals surface area (Å²) in [5.74, 6) is -15.6. The Balaban J connectivity index is 1.51. The number of benzene rings is 1. The van der Waals surface area contributed by atoms with Gasteiger partial charge >= 0.3 is 17.9 Å². The molecule has 1 aromatic rings. The Morgan fingerprint density at radius 3 is 1.60 bits per heavy atom. The first-order valence-electron chi connectivity index (χ1n) is 15.2. The zero-order valence-electron chi connectivity index (χ0n) is 27.2. The van der Waals surface area contributed by atoms with Gasteiger partial charge in [0.05, 0.1) is 65.4 Å². The summed E-state index contributed by atoms with van der Waals surface area (Å²) in [7, 11) is 0. The van der Waals surface area contributed by atoms with E-state index in [2.05, 4.69) is 4.74 Å². The quantitative estimate of drug-likeness (QED) is 0.0462. The second-order valence-electron chi connectivity index (χ2n) is 10.9. The fourth-order valence-electron chi connectivity index (χ4n) is 4.61. The molecular weight excluding hydrogens is 659 g/mol. The molecule has 1 saturated heterocycles. The fraction of sp³-hybridized carbons (Fsp3) is 0.677. The molecule has 0 N–H and O–H groups in total. The van der Waals surface area contributed by atoms with Gasteiger partial charge in [-0.15, -0.1) is 0 Å². The van der Waals surface area contributed by atoms with Crippen LogP contribution in [0, 0.1) is 40.9 Å². The molecule has 2 rings (SSSR count). The smallest absolute Gasteiger partial charge is 0.313 e. The molecule has 5 unspecified atom stereocenters. The Bertz CT molecular complexity index is 1200. The summed E-state index contributed by atoms with van der Waals surface area (Å²) in [6, 6.07) is 0. The molecule has 17 heteroatoms. The van der Waals surface area contributed by atoms with Crippen molar-refractivity contribution >= 4 is 23.7 Å². The van der Waals surface area contributed by atoms with E-state index in [9.17, 15) is 41.1 Å². The lowest BCUT2D eigenvalue weighted by Gasteiger charge is -2.43. The summed E-state index contributed by atoms with van der Waals surface area (Å²) in [6.45, 7) is 7.25. The van der Waals surface area contributed by atoms with Gasteiger partial charge in [0.25, 0.3) is 0 Å². The molecule has 48 heavy (non-hydrogen) atoms. The third kappa shape index (κ3) is 13.3. The van der Waals surface area contributed by atoms with Crippen molar-refractivity contribution in [3.63, 3.8) is 0 Å². The number of Topliss-reactive ketones (excluding diaryl/α,β-unsaturated/α-hetero) is 1. The maximum atomic E-state index is 13.6. The van der Waals surface area contributed by atoms with E-state index in [0.29, 0.717) is 0 Å². The zero-order chi connectivity index (χ0) is 35.8. The van der Waals surface area contributed by atoms with Crippen LogP contribution in [0.4, 0.5) is 22.0 Å². The largest absolute Gasteiger partial charge is 0.463 e. The van der Waals surface area contributed by atoms with E-state index >= 15 is 0 Å². The third-order valence-corrected chi connectivity index (χ3v) is 7.31. The highest BCUT2D eigenvalue weighted by Gasteiger charge is 2.44. The van der Waals surface area contributed by atoms with Crippen molar-refractivity contribution in [2.45, 2.75) is 65.3 Å². The molecule has 0 bridgehead atoms. The number of rotatable bonds is 21. The van der Waals surface area contributed by atoms with Gasteiger partial charge in [-0.1, -0.05) is 13.8 Å². The van der Waals surface area contributed by atoms with Crippen LogP contribution in [0.1, 0.15) is 47.0 Å². The maximum Gasteiger partial charge on any atom is 0.313 e. The van der Waals surface area contributed by atoms with Crippen molar-refractivity contribution in [3.05, 3.63) is 29.1 Å². The van der Waals surface area contributed by atoms with Crippen molar-refractivity contribution in [1.82, 2.24) is 0 Å². The number of carbonyl (C=O) groups is 4. The van der Waals surface area contributed by atoms with Gasteiger partial charge in [-0.3, -0.25) is 19.2 Å². The topological polar surface area (TPSA) is 142 Å². The van der Waals surface area contributed by atoms with E-state index in [1.165, 1.54) is 13.8 Å². The Hall–Kier alpha value is -3.25. The van der Waals surface area contributed by atoms with E-state index in [1.807, 2.05) is 13.8 Å². The summed E-state index contributed by atoms with van der Waals surface area (Å²) >= 11 is 0. The van der Waals surface area contributed by atoms with E-state index in [1.54, 1.807) is 0 Å². The van der Waals surface area contributed by atoms with E-state index < -0.39 is 77.5 Å². The second-order valence-corrected chi connectivity index (χ2v) is 10.9. The first kappa shape index (κ1) is 40.9. The van der Waals surface area contributed by atoms with Gasteiger partial charge in [0.1, 0.15) is 24.6 Å². The summed E-state index contributed by atoms with van der Waals surface area (Å²) in [4.78, 5) is 47.1. The maximum absolute atomic E-state index is 13.6. The summed E-state index contributed by atoms with van der Waals surface area (Å²) in [5.41, 5.74) is 0. The first-order chi connectivity index (χ1) is 22.7. The van der Waals surface area contributed by atoms with Crippen LogP contribution < -0.4 is 4.74 Å². The third-order valence-electron chi connectivity index (χ3n) is 7.31. The van der Waals surface area contributed by atoms with Crippen LogP contribution in [0.15, 0.2) is 0 Å². The Labute approximate surface area is 274 Å². The van der Waals surface area contributed by atoms with Crippen molar-refractivity contribution in [2.75, 3.05) is 59.5 Å². The predicted octanol–water partition coefficient (Wildman–Crippen LogP) is 3.63. The molecule has 0 aliphatic carbocycles. The van der Waals surface area contributed by atoms with Crippen LogP contribution in [-0.2, 0) is 52.3 Å². The average molecular weight is 701 g/mol. The van der Waals surface area contributed by atoms with Gasteiger partial charge in [0, 0.05) is 32.6 Å². The monoisotopic (exact) mass is 700 g/mol. The van der Waals surface area contributed by atoms with Gasteiger partial charge in [-0.25, -0.2) is 13.2 Å². The molecule has 5 atom stereocenters. The van der Waals surface area contributed by atoms with Crippen molar-refractivity contribution in [3.8, 4) is 5.75 Å². The SMILES string of the molecule is CC(=O)OCC1OC(CC(=O)CCOCCOCCOCCOCCC(=O)Oc2c(F)c(F)c(F)c(F)c2F)C(C)C(C)C1OC(C)=O. The summed E-state index contributed by atoms with van der Waals surface area (Å²) < 4.78 is 109. The van der Waals surface area contributed by atoms with E-state index in [4.69, 9.17) is 33.2 Å². The first-order valence-corrected chi connectivity index (χ1v) is 15.2. The van der Waals surface area contributed by atoms with Gasteiger partial charge in [-0.2, -0.15) is 8.78 Å². The molecule has 0 saturated carbocycles. The van der Waals surface area contributed by atoms with Crippen LogP contribution in [-0.4, -0.2) is 101 Å². The van der Waals surface area contributed by atoms with Gasteiger partial charge in [0.2, 0.25) is 34.8 Å². The summed E-state index contributed by atoms with van der Waals surface area (Å²) in [6.07, 6.45) is -2.00. The Kier molecular flexibility index (Phi) is 17.9. The molecule has 1 aliphatic heterocycles. The average Bonchev–Trinajstić information content (AvgIpc) is 3.03. The molecule has 1 aromatic carbocycles. The summed E-state index contributed by atoms with van der Waals surface area (Å²) in [5, 5.41) is 0. The van der Waals surface area contributed by atoms with Gasteiger partial charge < -0.3 is 37.9 Å². The Morgan fingerprint density at radius 1 is 0.625 bits per heavy atom. The number of carbonyl (C=O) groups excluding carboxylic acids is 4. The molecule has 1 fully saturated rings. The minimum absolute atomic E-state index is 0.0379. The molecular formula is C31H41F5O12. The standard InChI is InChI=1S/C31H41F5O12/c1-17-18(2)30(46-20(4)38)23(16-45-19(3)37)47-22(17)15-21(39)5-7-41-9-11-43-13-14-44-12-10-42-8-6-24(40)48-31-28(35)26(33)25(32)27(34)29(31)36/h17-18,22-23,30H,5-16H2,1-4H3. The predicted molar refractivity (Wildman–Crippen MR) is 153 cm³/mol. The van der Waals surface area contributed by atoms with Crippen LogP contribution in [0.25, 0.3) is 0 Å². The van der Waals surface area contributed by atoms with Crippen LogP contribution in [0.2, 0.25) is 0 Å². The number of ether oxygens (including phenoxy) is 8. The number of ketones is 1. The molecule has 0 radical (unpaired) electrons. The van der Waals surface area contributed by atoms with Gasteiger partial charge in [0.15, 0.2) is 0 Å². The molecule has 1 aliphatic rings. The van der Waals surface area contributed by atoms with Crippen molar-refractivity contribution in [1.29, 1.82) is 0 Å². The lowest BCUT2D eigenvalue weighted by Crippen LogP contribution is -2.53. The van der Waals surface area contributed by atoms with Gasteiger partial charge in [-0.05, 0) is 5.92 Å². The normalized spacial score (nSPS) is 20.7. The van der Waals surface area contributed by atoms with Crippen LogP contribution in [0.5, 0.6) is 5.75 Å². The Morgan fingerprint density at radius 2 is 1.10 bits per heavy atom. The van der Waals surface area contributed by atoms with Crippen molar-refractivity contribution in [2.24, 2.45) is 11.8 Å². The lowest BCUT2D eigenvalue weighted by atomic mass is 9.79. The molecule has 12 nitrogen and oxygen atoms in total. The highest BCUT2D eigenvalue weighted by atomic mass is 19.2. The lowest BCUT2D eigenvalue weighted by molar-refractivity contribution is -0.206. The zero-order valence-corrected chi connectivity index (χ0v) is 27.2. The second kappa shape index (κ2) is 21.0. The highest BCUT2D eigenvalue weighted by Crippen LogP contribution is 2.35. The molecule has 1 heterocycles. The van der Waals surface area contributed by atoms with E-state index in [-0.39, 0.29) is 89.9 Å². The number of hydrogen-bond donors (Lipinski definition) is 0. The van der Waals surface area contributed by atoms with Crippen molar-refractivity contribution < 1.29 is 79.0 Å². The number of hydrogen-bond acceptors (Lipinski definition) is 12.